The Labute approximate surface area is 126 Å². The first-order chi connectivity index (χ1) is 10.1. The molecule has 7 nitrogen and oxygen atoms in total. The average Bonchev–Trinajstić information content (AvgIpc) is 2.95. The molecule has 1 amide bonds. The van der Waals surface area contributed by atoms with Gasteiger partial charge in [0.15, 0.2) is 4.88 Å². The third-order valence-electron chi connectivity index (χ3n) is 3.25. The van der Waals surface area contributed by atoms with E-state index < -0.39 is 12.1 Å². The summed E-state index contributed by atoms with van der Waals surface area (Å²) >= 11 is 1.27. The third kappa shape index (κ3) is 4.08. The second-order valence-corrected chi connectivity index (χ2v) is 5.54. The molecule has 0 saturated carbocycles. The van der Waals surface area contributed by atoms with E-state index in [4.69, 9.17) is 9.84 Å². The van der Waals surface area contributed by atoms with Crippen LogP contribution in [-0.4, -0.2) is 61.5 Å². The Bertz CT molecular complexity index is 505. The van der Waals surface area contributed by atoms with Crippen LogP contribution in [0.3, 0.4) is 0 Å². The number of thiophene rings is 1. The molecule has 1 saturated heterocycles. The minimum absolute atomic E-state index is 0.0649. The Hall–Kier alpha value is -1.80. The summed E-state index contributed by atoms with van der Waals surface area (Å²) in [4.78, 5) is 24.3. The second kappa shape index (κ2) is 7.28. The lowest BCUT2D eigenvalue weighted by molar-refractivity contribution is 0.0601. The van der Waals surface area contributed by atoms with Gasteiger partial charge >= 0.3 is 12.1 Å². The number of nitrogens with zero attached hydrogens (tertiary/aromatic N) is 1. The summed E-state index contributed by atoms with van der Waals surface area (Å²) in [6, 6.07) is 1.80. The molecule has 0 radical (unpaired) electrons. The molecule has 0 aliphatic carbocycles. The van der Waals surface area contributed by atoms with Gasteiger partial charge in [-0.3, -0.25) is 0 Å². The predicted octanol–water partition coefficient (Wildman–Crippen LogP) is 1.26. The molecule has 21 heavy (non-hydrogen) atoms. The van der Waals surface area contributed by atoms with E-state index in [0.29, 0.717) is 43.3 Å². The molecule has 1 aromatic heterocycles. The SMILES string of the molecule is COC(=O)c1sccc1OCC[C@@H]1CN(C(=O)O)CCN1. The zero-order chi connectivity index (χ0) is 15.2. The topological polar surface area (TPSA) is 88.1 Å². The molecule has 0 spiro atoms. The molecule has 0 bridgehead atoms. The number of rotatable bonds is 5. The van der Waals surface area contributed by atoms with Gasteiger partial charge in [0.1, 0.15) is 5.75 Å². The van der Waals surface area contributed by atoms with Crippen molar-refractivity contribution in [3.05, 3.63) is 16.3 Å². The van der Waals surface area contributed by atoms with E-state index in [0.717, 1.165) is 0 Å². The Morgan fingerprint density at radius 1 is 1.57 bits per heavy atom. The smallest absolute Gasteiger partial charge is 0.407 e. The van der Waals surface area contributed by atoms with Crippen LogP contribution in [0.1, 0.15) is 16.1 Å². The van der Waals surface area contributed by atoms with Crippen LogP contribution in [0.25, 0.3) is 0 Å². The van der Waals surface area contributed by atoms with Gasteiger partial charge in [-0.15, -0.1) is 11.3 Å². The van der Waals surface area contributed by atoms with Crippen LogP contribution < -0.4 is 10.1 Å². The van der Waals surface area contributed by atoms with Crippen molar-refractivity contribution in [2.75, 3.05) is 33.4 Å². The lowest BCUT2D eigenvalue weighted by Gasteiger charge is -2.31. The molecule has 1 aliphatic rings. The highest BCUT2D eigenvalue weighted by molar-refractivity contribution is 7.12. The van der Waals surface area contributed by atoms with Gasteiger partial charge in [0.05, 0.1) is 13.7 Å². The molecule has 1 aromatic rings. The first-order valence-corrected chi connectivity index (χ1v) is 7.49. The number of methoxy groups -OCH3 is 1. The molecule has 2 N–H and O–H groups in total. The van der Waals surface area contributed by atoms with Crippen molar-refractivity contribution in [2.24, 2.45) is 0 Å². The van der Waals surface area contributed by atoms with Crippen molar-refractivity contribution < 1.29 is 24.2 Å². The molecular formula is C13H18N2O5S. The van der Waals surface area contributed by atoms with Crippen LogP contribution >= 0.6 is 11.3 Å². The summed E-state index contributed by atoms with van der Waals surface area (Å²) in [6.45, 7) is 2.00. The van der Waals surface area contributed by atoms with E-state index in [-0.39, 0.29) is 6.04 Å². The van der Waals surface area contributed by atoms with Crippen LogP contribution in [0.15, 0.2) is 11.4 Å². The van der Waals surface area contributed by atoms with Crippen LogP contribution in [0.4, 0.5) is 4.79 Å². The number of piperazine rings is 1. The van der Waals surface area contributed by atoms with E-state index >= 15 is 0 Å². The van der Waals surface area contributed by atoms with E-state index in [1.165, 1.54) is 23.3 Å². The lowest BCUT2D eigenvalue weighted by Crippen LogP contribution is -2.52. The van der Waals surface area contributed by atoms with Crippen LogP contribution in [0, 0.1) is 0 Å². The molecule has 8 heteroatoms. The van der Waals surface area contributed by atoms with Gasteiger partial charge in [0.25, 0.3) is 0 Å². The largest absolute Gasteiger partial charge is 0.492 e. The van der Waals surface area contributed by atoms with Crippen molar-refractivity contribution in [1.29, 1.82) is 0 Å². The highest BCUT2D eigenvalue weighted by Crippen LogP contribution is 2.25. The predicted molar refractivity (Wildman–Crippen MR) is 77.2 cm³/mol. The van der Waals surface area contributed by atoms with Gasteiger partial charge in [0, 0.05) is 25.7 Å². The van der Waals surface area contributed by atoms with Crippen molar-refractivity contribution in [3.63, 3.8) is 0 Å². The molecule has 1 atom stereocenters. The second-order valence-electron chi connectivity index (χ2n) is 4.62. The Morgan fingerprint density at radius 3 is 3.10 bits per heavy atom. The fourth-order valence-corrected chi connectivity index (χ4v) is 2.91. The maximum Gasteiger partial charge on any atom is 0.407 e. The maximum absolute atomic E-state index is 11.5. The zero-order valence-electron chi connectivity index (χ0n) is 11.7. The maximum atomic E-state index is 11.5. The van der Waals surface area contributed by atoms with Crippen LogP contribution in [-0.2, 0) is 4.74 Å². The number of carbonyl (C=O) groups excluding carboxylic acids is 1. The van der Waals surface area contributed by atoms with E-state index in [2.05, 4.69) is 10.1 Å². The third-order valence-corrected chi connectivity index (χ3v) is 4.13. The number of hydrogen-bond donors (Lipinski definition) is 2. The number of nitrogens with one attached hydrogen (secondary N) is 1. The normalized spacial score (nSPS) is 18.3. The summed E-state index contributed by atoms with van der Waals surface area (Å²) in [5, 5.41) is 14.0. The molecule has 2 heterocycles. The van der Waals surface area contributed by atoms with Gasteiger partial charge < -0.3 is 24.8 Å². The van der Waals surface area contributed by atoms with E-state index in [9.17, 15) is 9.59 Å². The van der Waals surface area contributed by atoms with Gasteiger partial charge in [-0.1, -0.05) is 0 Å². The standard InChI is InChI=1S/C13H18N2O5S/c1-19-12(16)11-10(3-7-21-11)20-6-2-9-8-15(13(17)18)5-4-14-9/h3,7,9,14H,2,4-6,8H2,1H3,(H,17,18)/t9-/m1/s1. The highest BCUT2D eigenvalue weighted by Gasteiger charge is 2.22. The lowest BCUT2D eigenvalue weighted by atomic mass is 10.1. The van der Waals surface area contributed by atoms with Crippen molar-refractivity contribution in [1.82, 2.24) is 10.2 Å². The van der Waals surface area contributed by atoms with Crippen LogP contribution in [0.2, 0.25) is 0 Å². The van der Waals surface area contributed by atoms with E-state index in [1.807, 2.05) is 0 Å². The molecule has 116 valence electrons. The Kier molecular flexibility index (Phi) is 5.40. The number of amides is 1. The Morgan fingerprint density at radius 2 is 2.38 bits per heavy atom. The molecule has 0 unspecified atom stereocenters. The Balaban J connectivity index is 1.80. The quantitative estimate of drug-likeness (QED) is 0.795. The van der Waals surface area contributed by atoms with Crippen molar-refractivity contribution in [2.45, 2.75) is 12.5 Å². The first kappa shape index (κ1) is 15.6. The molecular weight excluding hydrogens is 296 g/mol. The minimum Gasteiger partial charge on any atom is -0.492 e. The molecule has 0 aromatic carbocycles. The van der Waals surface area contributed by atoms with Crippen molar-refractivity contribution >= 4 is 23.4 Å². The number of hydrogen-bond acceptors (Lipinski definition) is 6. The zero-order valence-corrected chi connectivity index (χ0v) is 12.5. The monoisotopic (exact) mass is 314 g/mol. The van der Waals surface area contributed by atoms with Gasteiger partial charge in [-0.2, -0.15) is 0 Å². The molecule has 2 rings (SSSR count). The summed E-state index contributed by atoms with van der Waals surface area (Å²) in [7, 11) is 1.33. The minimum atomic E-state index is -0.895. The van der Waals surface area contributed by atoms with Gasteiger partial charge in [-0.25, -0.2) is 9.59 Å². The highest BCUT2D eigenvalue weighted by atomic mass is 32.1. The summed E-state index contributed by atoms with van der Waals surface area (Å²) in [6.07, 6.45) is -0.228. The fourth-order valence-electron chi connectivity index (χ4n) is 2.16. The number of esters is 1. The molecule has 1 aliphatic heterocycles. The number of ether oxygens (including phenoxy) is 2. The number of carboxylic acid groups (broad SMARTS) is 1. The van der Waals surface area contributed by atoms with Gasteiger partial charge in [-0.05, 0) is 17.9 Å². The number of carbonyl (C=O) groups is 2. The fraction of sp³-hybridized carbons (Fsp3) is 0.538. The summed E-state index contributed by atoms with van der Waals surface area (Å²) in [5.74, 6) is 0.102. The van der Waals surface area contributed by atoms with Crippen molar-refractivity contribution in [3.8, 4) is 5.75 Å². The summed E-state index contributed by atoms with van der Waals surface area (Å²) in [5.41, 5.74) is 0. The van der Waals surface area contributed by atoms with Crippen LogP contribution in [0.5, 0.6) is 5.75 Å². The average molecular weight is 314 g/mol. The van der Waals surface area contributed by atoms with Gasteiger partial charge in [0.2, 0.25) is 0 Å². The first-order valence-electron chi connectivity index (χ1n) is 6.61. The molecule has 1 fully saturated rings. The van der Waals surface area contributed by atoms with E-state index in [1.54, 1.807) is 11.4 Å². The summed E-state index contributed by atoms with van der Waals surface area (Å²) < 4.78 is 10.3.